The number of rotatable bonds is 1. The first-order valence-electron chi connectivity index (χ1n) is 5.40. The van der Waals surface area contributed by atoms with Gasteiger partial charge in [0.25, 0.3) is 0 Å². The molecule has 4 heteroatoms. The molecule has 0 aromatic heterocycles. The number of carbonyl (C=O) groups excluding carboxylic acids is 1. The zero-order valence-corrected chi connectivity index (χ0v) is 8.45. The second-order valence-electron chi connectivity index (χ2n) is 4.21. The van der Waals surface area contributed by atoms with Crippen LogP contribution < -0.4 is 5.73 Å². The van der Waals surface area contributed by atoms with Crippen molar-refractivity contribution in [1.82, 2.24) is 4.90 Å². The van der Waals surface area contributed by atoms with Crippen molar-refractivity contribution in [2.75, 3.05) is 19.8 Å². The third-order valence-electron chi connectivity index (χ3n) is 3.20. The number of hydrogen-bond acceptors (Lipinski definition) is 3. The predicted octanol–water partition coefficient (Wildman–Crippen LogP) is 0.115. The Morgan fingerprint density at radius 2 is 2.00 bits per heavy atom. The summed E-state index contributed by atoms with van der Waals surface area (Å²) in [5.74, 6) is 0.150. The molecule has 0 unspecified atom stereocenters. The standard InChI is InChI=1S/C10H18N2O2/c11-8-1-3-9(4-2-8)12-5-6-14-7-10(12)13/h8-9H,1-7,11H2/t8-,9-. The van der Waals surface area contributed by atoms with Crippen LogP contribution >= 0.6 is 0 Å². The Labute approximate surface area is 84.4 Å². The van der Waals surface area contributed by atoms with Crippen LogP contribution in [0.3, 0.4) is 0 Å². The van der Waals surface area contributed by atoms with E-state index >= 15 is 0 Å². The van der Waals surface area contributed by atoms with Crippen LogP contribution in [0.1, 0.15) is 25.7 Å². The van der Waals surface area contributed by atoms with Gasteiger partial charge in [0.05, 0.1) is 6.61 Å². The first-order chi connectivity index (χ1) is 6.77. The average Bonchev–Trinajstić information content (AvgIpc) is 2.20. The fourth-order valence-corrected chi connectivity index (χ4v) is 2.33. The van der Waals surface area contributed by atoms with Gasteiger partial charge in [-0.15, -0.1) is 0 Å². The van der Waals surface area contributed by atoms with Crippen molar-refractivity contribution in [3.05, 3.63) is 0 Å². The number of carbonyl (C=O) groups is 1. The Kier molecular flexibility index (Phi) is 3.03. The van der Waals surface area contributed by atoms with Gasteiger partial charge in [-0.3, -0.25) is 4.79 Å². The molecule has 2 rings (SSSR count). The van der Waals surface area contributed by atoms with Crippen LogP contribution in [0.4, 0.5) is 0 Å². The molecule has 1 saturated heterocycles. The Morgan fingerprint density at radius 1 is 1.29 bits per heavy atom. The molecule has 80 valence electrons. The van der Waals surface area contributed by atoms with Crippen LogP contribution in [0.25, 0.3) is 0 Å². The van der Waals surface area contributed by atoms with Crippen molar-refractivity contribution < 1.29 is 9.53 Å². The van der Waals surface area contributed by atoms with Crippen LogP contribution in [0, 0.1) is 0 Å². The maximum atomic E-state index is 11.5. The highest BCUT2D eigenvalue weighted by Gasteiger charge is 2.29. The Hall–Kier alpha value is -0.610. The third-order valence-corrected chi connectivity index (χ3v) is 3.20. The van der Waals surface area contributed by atoms with Gasteiger partial charge in [0, 0.05) is 18.6 Å². The average molecular weight is 198 g/mol. The summed E-state index contributed by atoms with van der Waals surface area (Å²) in [4.78, 5) is 13.5. The Balaban J connectivity index is 1.90. The lowest BCUT2D eigenvalue weighted by Gasteiger charge is -2.38. The van der Waals surface area contributed by atoms with Gasteiger partial charge in [0.1, 0.15) is 6.61 Å². The largest absolute Gasteiger partial charge is 0.370 e. The number of morpholine rings is 1. The van der Waals surface area contributed by atoms with E-state index in [1.165, 1.54) is 0 Å². The minimum Gasteiger partial charge on any atom is -0.370 e. The summed E-state index contributed by atoms with van der Waals surface area (Å²) < 4.78 is 5.11. The quantitative estimate of drug-likeness (QED) is 0.651. The van der Waals surface area contributed by atoms with E-state index in [4.69, 9.17) is 10.5 Å². The number of amides is 1. The van der Waals surface area contributed by atoms with E-state index in [-0.39, 0.29) is 12.5 Å². The van der Waals surface area contributed by atoms with E-state index in [2.05, 4.69) is 0 Å². The van der Waals surface area contributed by atoms with E-state index in [1.807, 2.05) is 4.90 Å². The molecule has 0 aromatic rings. The molecule has 2 fully saturated rings. The zero-order valence-electron chi connectivity index (χ0n) is 8.45. The number of hydrogen-bond donors (Lipinski definition) is 1. The van der Waals surface area contributed by atoms with Crippen molar-refractivity contribution in [3.8, 4) is 0 Å². The summed E-state index contributed by atoms with van der Waals surface area (Å²) in [6.45, 7) is 1.72. The maximum Gasteiger partial charge on any atom is 0.248 e. The third kappa shape index (κ3) is 2.07. The first kappa shape index (κ1) is 9.93. The molecule has 2 aliphatic rings. The van der Waals surface area contributed by atoms with Crippen LogP contribution in [0.5, 0.6) is 0 Å². The van der Waals surface area contributed by atoms with E-state index in [0.29, 0.717) is 18.7 Å². The van der Waals surface area contributed by atoms with Gasteiger partial charge in [-0.1, -0.05) is 0 Å². The first-order valence-corrected chi connectivity index (χ1v) is 5.40. The molecule has 1 heterocycles. The van der Waals surface area contributed by atoms with Gasteiger partial charge >= 0.3 is 0 Å². The summed E-state index contributed by atoms with van der Waals surface area (Å²) in [6.07, 6.45) is 4.23. The van der Waals surface area contributed by atoms with E-state index in [9.17, 15) is 4.79 Å². The van der Waals surface area contributed by atoms with Crippen LogP contribution in [-0.4, -0.2) is 42.6 Å². The summed E-state index contributed by atoms with van der Waals surface area (Å²) >= 11 is 0. The van der Waals surface area contributed by atoms with Crippen LogP contribution in [-0.2, 0) is 9.53 Å². The number of nitrogens with zero attached hydrogens (tertiary/aromatic N) is 1. The van der Waals surface area contributed by atoms with Crippen molar-refractivity contribution in [3.63, 3.8) is 0 Å². The molecule has 0 spiro atoms. The van der Waals surface area contributed by atoms with Crippen molar-refractivity contribution in [2.24, 2.45) is 5.73 Å². The van der Waals surface area contributed by atoms with E-state index in [1.54, 1.807) is 0 Å². The molecule has 1 amide bonds. The smallest absolute Gasteiger partial charge is 0.248 e. The summed E-state index contributed by atoms with van der Waals surface area (Å²) in [6, 6.07) is 0.772. The molecule has 0 atom stereocenters. The van der Waals surface area contributed by atoms with Crippen LogP contribution in [0.15, 0.2) is 0 Å². The van der Waals surface area contributed by atoms with Crippen molar-refractivity contribution in [1.29, 1.82) is 0 Å². The van der Waals surface area contributed by atoms with Gasteiger partial charge < -0.3 is 15.4 Å². The van der Waals surface area contributed by atoms with Gasteiger partial charge in [-0.2, -0.15) is 0 Å². The topological polar surface area (TPSA) is 55.6 Å². The monoisotopic (exact) mass is 198 g/mol. The van der Waals surface area contributed by atoms with Gasteiger partial charge in [0.15, 0.2) is 0 Å². The van der Waals surface area contributed by atoms with Crippen molar-refractivity contribution in [2.45, 2.75) is 37.8 Å². The van der Waals surface area contributed by atoms with E-state index in [0.717, 1.165) is 32.2 Å². The molecule has 4 nitrogen and oxygen atoms in total. The molecule has 1 saturated carbocycles. The molecule has 0 aromatic carbocycles. The lowest BCUT2D eigenvalue weighted by molar-refractivity contribution is -0.146. The normalized spacial score (nSPS) is 34.6. The molecule has 0 bridgehead atoms. The number of ether oxygens (including phenoxy) is 1. The molecular weight excluding hydrogens is 180 g/mol. The number of nitrogens with two attached hydrogens (primary N) is 1. The molecule has 1 aliphatic carbocycles. The minimum atomic E-state index is 0.150. The zero-order chi connectivity index (χ0) is 9.97. The van der Waals surface area contributed by atoms with Crippen LogP contribution in [0.2, 0.25) is 0 Å². The predicted molar refractivity (Wildman–Crippen MR) is 52.8 cm³/mol. The second-order valence-corrected chi connectivity index (χ2v) is 4.21. The van der Waals surface area contributed by atoms with Gasteiger partial charge in [-0.25, -0.2) is 0 Å². The van der Waals surface area contributed by atoms with E-state index < -0.39 is 0 Å². The second kappa shape index (κ2) is 4.28. The highest BCUT2D eigenvalue weighted by Crippen LogP contribution is 2.22. The summed E-state index contributed by atoms with van der Waals surface area (Å²) in [7, 11) is 0. The highest BCUT2D eigenvalue weighted by molar-refractivity contribution is 5.78. The minimum absolute atomic E-state index is 0.150. The fraction of sp³-hybridized carbons (Fsp3) is 0.900. The highest BCUT2D eigenvalue weighted by atomic mass is 16.5. The van der Waals surface area contributed by atoms with Gasteiger partial charge in [-0.05, 0) is 25.7 Å². The lowest BCUT2D eigenvalue weighted by atomic mass is 9.90. The molecule has 1 aliphatic heterocycles. The molecular formula is C10H18N2O2. The SMILES string of the molecule is N[C@H]1CC[C@H](N2CCOCC2=O)CC1. The molecule has 14 heavy (non-hydrogen) atoms. The summed E-state index contributed by atoms with van der Waals surface area (Å²) in [5, 5.41) is 0. The Bertz CT molecular complexity index is 212. The Morgan fingerprint density at radius 3 is 2.64 bits per heavy atom. The molecule has 0 radical (unpaired) electrons. The lowest BCUT2D eigenvalue weighted by Crippen LogP contribution is -2.49. The molecule has 2 N–H and O–H groups in total. The fourth-order valence-electron chi connectivity index (χ4n) is 2.33. The maximum absolute atomic E-state index is 11.5. The summed E-state index contributed by atoms with van der Waals surface area (Å²) in [5.41, 5.74) is 5.83. The van der Waals surface area contributed by atoms with Gasteiger partial charge in [0.2, 0.25) is 5.91 Å². The van der Waals surface area contributed by atoms with Crippen molar-refractivity contribution >= 4 is 5.91 Å².